The molecule has 0 bridgehead atoms. The van der Waals surface area contributed by atoms with Crippen LogP contribution in [0, 0.1) is 13.8 Å². The van der Waals surface area contributed by atoms with Gasteiger partial charge in [0.1, 0.15) is 11.5 Å². The Morgan fingerprint density at radius 3 is 2.33 bits per heavy atom. The third kappa shape index (κ3) is 3.96. The number of ether oxygens (including phenoxy) is 1. The van der Waals surface area contributed by atoms with E-state index in [1.165, 1.54) is 22.3 Å². The van der Waals surface area contributed by atoms with Crippen molar-refractivity contribution in [2.45, 2.75) is 19.8 Å². The van der Waals surface area contributed by atoms with E-state index in [0.29, 0.717) is 0 Å². The monoisotopic (exact) mass is 511 g/mol. The smallest absolute Gasteiger partial charge is 0.129 e. The Morgan fingerprint density at radius 1 is 0.795 bits per heavy atom. The normalized spacial score (nSPS) is 15.5. The van der Waals surface area contributed by atoms with E-state index in [2.05, 4.69) is 97.7 Å². The van der Waals surface area contributed by atoms with Crippen molar-refractivity contribution < 1.29 is 4.74 Å². The van der Waals surface area contributed by atoms with E-state index in [0.717, 1.165) is 46.6 Å². The zero-order valence-corrected chi connectivity index (χ0v) is 22.2. The molecule has 6 heteroatoms. The van der Waals surface area contributed by atoms with E-state index in [4.69, 9.17) is 14.8 Å². The molecule has 0 saturated heterocycles. The largest absolute Gasteiger partial charge is 0.457 e. The van der Waals surface area contributed by atoms with Crippen LogP contribution < -0.4 is 9.64 Å². The fraction of sp³-hybridized carbons (Fsp3) is 0.152. The summed E-state index contributed by atoms with van der Waals surface area (Å²) < 4.78 is 8.36. The van der Waals surface area contributed by atoms with Crippen molar-refractivity contribution >= 4 is 5.69 Å². The summed E-state index contributed by atoms with van der Waals surface area (Å²) in [5.41, 5.74) is 10.2. The van der Waals surface area contributed by atoms with Crippen LogP contribution in [-0.4, -0.2) is 33.4 Å². The van der Waals surface area contributed by atoms with Gasteiger partial charge in [-0.25, -0.2) is 4.68 Å². The molecule has 3 aromatic carbocycles. The summed E-state index contributed by atoms with van der Waals surface area (Å²) in [5, 5.41) is 5.01. The quantitative estimate of drug-likeness (QED) is 0.249. The Balaban J connectivity index is 1.22. The molecule has 0 fully saturated rings. The minimum Gasteiger partial charge on any atom is -0.457 e. The number of nitrogens with zero attached hydrogens (tertiary/aromatic N) is 5. The number of hydrogen-bond acceptors (Lipinski definition) is 5. The second-order valence-electron chi connectivity index (χ2n) is 10.2. The molecule has 39 heavy (non-hydrogen) atoms. The zero-order chi connectivity index (χ0) is 26.5. The lowest BCUT2D eigenvalue weighted by Gasteiger charge is -2.19. The van der Waals surface area contributed by atoms with Crippen molar-refractivity contribution in [3.8, 4) is 28.4 Å². The first kappa shape index (κ1) is 23.3. The van der Waals surface area contributed by atoms with Crippen LogP contribution >= 0.6 is 0 Å². The number of anilines is 1. The Bertz CT molecular complexity index is 1690. The number of hydrogen-bond donors (Lipinski definition) is 0. The van der Waals surface area contributed by atoms with Gasteiger partial charge in [0.25, 0.3) is 0 Å². The van der Waals surface area contributed by atoms with Crippen molar-refractivity contribution in [3.63, 3.8) is 0 Å². The first-order valence-electron chi connectivity index (χ1n) is 13.2. The van der Waals surface area contributed by atoms with Gasteiger partial charge in [0.05, 0.1) is 23.7 Å². The van der Waals surface area contributed by atoms with Crippen LogP contribution in [0.4, 0.5) is 5.69 Å². The van der Waals surface area contributed by atoms with Gasteiger partial charge in [-0.2, -0.15) is 5.10 Å². The number of rotatable bonds is 5. The summed E-state index contributed by atoms with van der Waals surface area (Å²) in [6, 6.07) is 29.1. The van der Waals surface area contributed by atoms with Crippen molar-refractivity contribution in [2.24, 2.45) is 0 Å². The fourth-order valence-corrected chi connectivity index (χ4v) is 5.88. The molecule has 192 valence electrons. The van der Waals surface area contributed by atoms with Crippen LogP contribution in [0.15, 0.2) is 104 Å². The minimum atomic E-state index is 0.111. The van der Waals surface area contributed by atoms with Gasteiger partial charge < -0.3 is 14.5 Å². The average Bonchev–Trinajstić information content (AvgIpc) is 3.62. The molecular weight excluding hydrogens is 482 g/mol. The summed E-state index contributed by atoms with van der Waals surface area (Å²) in [6.45, 7) is 5.08. The highest BCUT2D eigenvalue weighted by molar-refractivity contribution is 5.78. The molecule has 1 aliphatic heterocycles. The predicted octanol–water partition coefficient (Wildman–Crippen LogP) is 7.02. The predicted molar refractivity (Wildman–Crippen MR) is 154 cm³/mol. The van der Waals surface area contributed by atoms with Gasteiger partial charge in [0, 0.05) is 66.2 Å². The lowest BCUT2D eigenvalue weighted by Crippen LogP contribution is -2.21. The molecule has 1 unspecified atom stereocenters. The lowest BCUT2D eigenvalue weighted by atomic mass is 9.88. The van der Waals surface area contributed by atoms with Crippen LogP contribution in [-0.2, 0) is 0 Å². The topological polar surface area (TPSA) is 46.4 Å². The molecule has 2 aliphatic rings. The van der Waals surface area contributed by atoms with Gasteiger partial charge in [-0.05, 0) is 55.3 Å². The molecule has 0 radical (unpaired) electrons. The van der Waals surface area contributed by atoms with E-state index in [1.807, 2.05) is 41.2 Å². The second-order valence-corrected chi connectivity index (χ2v) is 10.2. The Morgan fingerprint density at radius 2 is 1.54 bits per heavy atom. The number of aromatic nitrogens is 3. The molecule has 0 amide bonds. The summed E-state index contributed by atoms with van der Waals surface area (Å²) in [7, 11) is 2.06. The molecular formula is C33H29N5O. The first-order chi connectivity index (χ1) is 19.1. The van der Waals surface area contributed by atoms with Crippen molar-refractivity contribution in [1.29, 1.82) is 0 Å². The summed E-state index contributed by atoms with van der Waals surface area (Å²) >= 11 is 0. The third-order valence-electron chi connectivity index (χ3n) is 7.64. The molecule has 6 nitrogen and oxygen atoms in total. The maximum absolute atomic E-state index is 6.32. The van der Waals surface area contributed by atoms with E-state index in [9.17, 15) is 0 Å². The van der Waals surface area contributed by atoms with E-state index >= 15 is 0 Å². The molecule has 5 aromatic rings. The summed E-state index contributed by atoms with van der Waals surface area (Å²) in [4.78, 5) is 9.06. The van der Waals surface area contributed by atoms with Gasteiger partial charge in [-0.15, -0.1) is 0 Å². The van der Waals surface area contributed by atoms with Crippen LogP contribution in [0.25, 0.3) is 16.9 Å². The highest BCUT2D eigenvalue weighted by Gasteiger charge is 2.34. The van der Waals surface area contributed by atoms with E-state index < -0.39 is 0 Å². The molecule has 0 saturated carbocycles. The van der Waals surface area contributed by atoms with Gasteiger partial charge in [-0.3, -0.25) is 4.98 Å². The Hall–Kier alpha value is -4.84. The molecule has 3 heterocycles. The second kappa shape index (κ2) is 9.17. The molecule has 0 N–H and O–H groups in total. The molecule has 1 aliphatic carbocycles. The number of pyridine rings is 1. The molecule has 2 aromatic heterocycles. The maximum Gasteiger partial charge on any atom is 0.129 e. The van der Waals surface area contributed by atoms with E-state index in [-0.39, 0.29) is 5.92 Å². The van der Waals surface area contributed by atoms with Gasteiger partial charge in [0.15, 0.2) is 0 Å². The average molecular weight is 512 g/mol. The summed E-state index contributed by atoms with van der Waals surface area (Å²) in [5.74, 6) is 1.68. The Labute approximate surface area is 228 Å². The van der Waals surface area contributed by atoms with Crippen LogP contribution in [0.2, 0.25) is 0 Å². The van der Waals surface area contributed by atoms with Crippen molar-refractivity contribution in [2.75, 3.05) is 18.6 Å². The van der Waals surface area contributed by atoms with Crippen molar-refractivity contribution in [3.05, 3.63) is 132 Å². The van der Waals surface area contributed by atoms with Crippen LogP contribution in [0.3, 0.4) is 0 Å². The van der Waals surface area contributed by atoms with Gasteiger partial charge >= 0.3 is 0 Å². The molecule has 0 spiro atoms. The minimum absolute atomic E-state index is 0.111. The van der Waals surface area contributed by atoms with Crippen molar-refractivity contribution in [1.82, 2.24) is 19.7 Å². The highest BCUT2D eigenvalue weighted by atomic mass is 16.5. The highest BCUT2D eigenvalue weighted by Crippen LogP contribution is 2.48. The van der Waals surface area contributed by atoms with Gasteiger partial charge in [-0.1, -0.05) is 42.5 Å². The molecule has 1 atom stereocenters. The van der Waals surface area contributed by atoms with E-state index in [1.54, 1.807) is 0 Å². The maximum atomic E-state index is 6.32. The summed E-state index contributed by atoms with van der Waals surface area (Å²) in [6.07, 6.45) is 6.03. The number of aryl methyl sites for hydroxylation is 1. The van der Waals surface area contributed by atoms with Crippen LogP contribution in [0.1, 0.15) is 34.0 Å². The first-order valence-corrected chi connectivity index (χ1v) is 13.2. The van der Waals surface area contributed by atoms with Crippen LogP contribution in [0.5, 0.6) is 11.5 Å². The zero-order valence-electron chi connectivity index (χ0n) is 22.2. The number of benzene rings is 3. The fourth-order valence-electron chi connectivity index (χ4n) is 5.88. The Kier molecular flexibility index (Phi) is 5.48. The van der Waals surface area contributed by atoms with Gasteiger partial charge in [0.2, 0.25) is 0 Å². The lowest BCUT2D eigenvalue weighted by molar-refractivity contribution is 0.480. The SMILES string of the molecule is Cc1nn(-c2cccc(Oc3cccc(N4C=CN(C)C4)c3)c2)c(C)c1C1c2ccccc2-c2ncccc21. The standard InChI is InChI=1S/C33H29N5O/c1-22-31(32-28-13-4-5-14-29(28)33-30(32)15-8-16-34-33)23(2)38(35-22)25-10-7-12-27(20-25)39-26-11-6-9-24(19-26)37-18-17-36(3)21-37/h4-20,32H,21H2,1-3H3. The number of fused-ring (bicyclic) bond motifs is 3. The third-order valence-corrected chi connectivity index (χ3v) is 7.64. The molecule has 7 rings (SSSR count).